The molecule has 4 atom stereocenters. The molecule has 0 radical (unpaired) electrons. The summed E-state index contributed by atoms with van der Waals surface area (Å²) in [6, 6.07) is 10.6. The number of carbonyl (C=O) groups is 1. The molecule has 0 saturated heterocycles. The van der Waals surface area contributed by atoms with Crippen molar-refractivity contribution in [2.45, 2.75) is 134 Å². The molecule has 3 nitrogen and oxygen atoms in total. The molecule has 0 heterocycles. The van der Waals surface area contributed by atoms with Crippen molar-refractivity contribution in [3.63, 3.8) is 0 Å². The fourth-order valence-corrected chi connectivity index (χ4v) is 9.45. The van der Waals surface area contributed by atoms with Gasteiger partial charge in [0.1, 0.15) is 0 Å². The Balaban J connectivity index is 2.38. The standard InChI is InChI=1S/C31H54O3SeSi2/c1-12-13-15-18-24(33-36(8,9)30(2,3)4)21-22-26-28(34-37(10,11)31(5,6)7)23-27(32)29(26)35-25-19-16-14-17-20-25/h14,16-17,19-22,24,26,28-29H,12-13,15,18,23H2,1-11H3/b22-21+/t24-,26?,28+,29?/m0/s1. The normalized spacial score (nSPS) is 22.7. The number of hydrogen-bond acceptors (Lipinski definition) is 3. The zero-order valence-corrected chi connectivity index (χ0v) is 29.2. The van der Waals surface area contributed by atoms with Gasteiger partial charge in [0.2, 0.25) is 0 Å². The molecule has 0 N–H and O–H groups in total. The summed E-state index contributed by atoms with van der Waals surface area (Å²) in [6.45, 7) is 25.3. The van der Waals surface area contributed by atoms with Gasteiger partial charge in [0.05, 0.1) is 0 Å². The summed E-state index contributed by atoms with van der Waals surface area (Å²) in [4.78, 5) is 13.5. The maximum absolute atomic E-state index is 13.4. The van der Waals surface area contributed by atoms with Crippen molar-refractivity contribution in [2.24, 2.45) is 5.92 Å². The van der Waals surface area contributed by atoms with E-state index in [1.165, 1.54) is 23.7 Å². The molecule has 1 aromatic rings. The molecule has 0 aliphatic heterocycles. The first-order valence-corrected chi connectivity index (χ1v) is 21.9. The molecule has 0 amide bonds. The summed E-state index contributed by atoms with van der Waals surface area (Å²) >= 11 is 0.0802. The van der Waals surface area contributed by atoms with Crippen LogP contribution in [0.4, 0.5) is 0 Å². The molecule has 1 aliphatic rings. The monoisotopic (exact) mass is 610 g/mol. The minimum absolute atomic E-state index is 0.0186. The summed E-state index contributed by atoms with van der Waals surface area (Å²) < 4.78 is 15.2. The second-order valence-corrected chi connectivity index (χ2v) is 25.9. The van der Waals surface area contributed by atoms with Crippen LogP contribution in [-0.4, -0.2) is 49.6 Å². The first-order chi connectivity index (χ1) is 17.0. The van der Waals surface area contributed by atoms with Gasteiger partial charge in [-0.05, 0) is 0 Å². The third kappa shape index (κ3) is 9.29. The predicted octanol–water partition coefficient (Wildman–Crippen LogP) is 8.31. The zero-order chi connectivity index (χ0) is 28.1. The van der Waals surface area contributed by atoms with Crippen LogP contribution in [0.5, 0.6) is 0 Å². The van der Waals surface area contributed by atoms with Gasteiger partial charge in [-0.15, -0.1) is 0 Å². The number of unbranched alkanes of at least 4 members (excludes halogenated alkanes) is 2. The summed E-state index contributed by atoms with van der Waals surface area (Å²) in [6.07, 6.45) is 9.89. The quantitative estimate of drug-likeness (QED) is 0.136. The number of ketones is 1. The SMILES string of the molecule is CCCCC[C@@H](/C=C/C1C([Se]c2ccccc2)C(=O)C[C@H]1O[Si](C)(C)C(C)(C)C)O[Si](C)(C)C(C)(C)C. The van der Waals surface area contributed by atoms with E-state index in [2.05, 4.69) is 117 Å². The number of carbonyl (C=O) groups excluding carboxylic acids is 1. The van der Waals surface area contributed by atoms with E-state index in [0.717, 1.165) is 6.42 Å². The van der Waals surface area contributed by atoms with Crippen molar-refractivity contribution in [1.82, 2.24) is 0 Å². The van der Waals surface area contributed by atoms with Gasteiger partial charge in [-0.1, -0.05) is 0 Å². The van der Waals surface area contributed by atoms with E-state index in [1.54, 1.807) is 0 Å². The molecular formula is C31H54O3SeSi2. The molecule has 2 unspecified atom stereocenters. The van der Waals surface area contributed by atoms with Crippen LogP contribution in [0.2, 0.25) is 41.1 Å². The second kappa shape index (κ2) is 13.2. The number of rotatable bonds is 12. The van der Waals surface area contributed by atoms with Crippen molar-refractivity contribution < 1.29 is 13.6 Å². The average Bonchev–Trinajstić information content (AvgIpc) is 3.04. The summed E-state index contributed by atoms with van der Waals surface area (Å²) in [7, 11) is -3.93. The van der Waals surface area contributed by atoms with Gasteiger partial charge < -0.3 is 0 Å². The molecule has 1 fully saturated rings. The number of hydrogen-bond donors (Lipinski definition) is 0. The third-order valence-corrected chi connectivity index (χ3v) is 20.5. The van der Waals surface area contributed by atoms with Gasteiger partial charge >= 0.3 is 238 Å². The Bertz CT molecular complexity index is 884. The van der Waals surface area contributed by atoms with E-state index in [0.29, 0.717) is 12.2 Å². The first-order valence-electron chi connectivity index (χ1n) is 14.3. The van der Waals surface area contributed by atoms with Crippen LogP contribution in [0.1, 0.15) is 80.6 Å². The van der Waals surface area contributed by atoms with Gasteiger partial charge in [-0.2, -0.15) is 0 Å². The Hall–Kier alpha value is -0.497. The molecule has 0 bridgehead atoms. The van der Waals surface area contributed by atoms with Crippen molar-refractivity contribution >= 4 is 41.8 Å². The molecular weight excluding hydrogens is 555 g/mol. The summed E-state index contributed by atoms with van der Waals surface area (Å²) in [5, 5.41) is 0.279. The fraction of sp³-hybridized carbons (Fsp3) is 0.710. The molecule has 0 spiro atoms. The van der Waals surface area contributed by atoms with Crippen LogP contribution in [0, 0.1) is 5.92 Å². The summed E-state index contributed by atoms with van der Waals surface area (Å²) in [5.41, 5.74) is 0. The topological polar surface area (TPSA) is 35.5 Å². The Kier molecular flexibility index (Phi) is 11.7. The fourth-order valence-electron chi connectivity index (χ4n) is 4.15. The molecule has 1 aromatic carbocycles. The average molecular weight is 610 g/mol. The van der Waals surface area contributed by atoms with Crippen LogP contribution in [0.25, 0.3) is 0 Å². The van der Waals surface area contributed by atoms with Crippen LogP contribution in [0.3, 0.4) is 0 Å². The van der Waals surface area contributed by atoms with E-state index in [4.69, 9.17) is 8.85 Å². The van der Waals surface area contributed by atoms with E-state index in [-0.39, 0.29) is 48.0 Å². The zero-order valence-electron chi connectivity index (χ0n) is 25.5. The van der Waals surface area contributed by atoms with E-state index >= 15 is 0 Å². The van der Waals surface area contributed by atoms with Crippen molar-refractivity contribution in [3.8, 4) is 0 Å². The molecule has 210 valence electrons. The van der Waals surface area contributed by atoms with Crippen molar-refractivity contribution in [2.75, 3.05) is 0 Å². The number of benzene rings is 1. The van der Waals surface area contributed by atoms with Gasteiger partial charge in [0.25, 0.3) is 0 Å². The predicted molar refractivity (Wildman–Crippen MR) is 166 cm³/mol. The number of Topliss-reactive ketones (excluding diaryl/α,β-unsaturated/α-hetero) is 1. The molecule has 6 heteroatoms. The molecule has 1 saturated carbocycles. The van der Waals surface area contributed by atoms with Crippen LogP contribution < -0.4 is 4.46 Å². The minimum atomic E-state index is -2.01. The third-order valence-electron chi connectivity index (χ3n) is 8.65. The molecule has 2 rings (SSSR count). The van der Waals surface area contributed by atoms with Crippen LogP contribution >= 0.6 is 0 Å². The van der Waals surface area contributed by atoms with Gasteiger partial charge in [-0.3, -0.25) is 0 Å². The maximum atomic E-state index is 13.4. The second-order valence-electron chi connectivity index (χ2n) is 13.8. The van der Waals surface area contributed by atoms with Crippen molar-refractivity contribution in [1.29, 1.82) is 0 Å². The molecule has 37 heavy (non-hydrogen) atoms. The van der Waals surface area contributed by atoms with E-state index in [9.17, 15) is 4.79 Å². The first kappa shape index (κ1) is 32.7. The molecule has 1 aliphatic carbocycles. The Morgan fingerprint density at radius 3 is 2.11 bits per heavy atom. The van der Waals surface area contributed by atoms with E-state index in [1.807, 2.05) is 0 Å². The summed E-state index contributed by atoms with van der Waals surface area (Å²) in [5.74, 6) is 0.480. The Morgan fingerprint density at radius 1 is 0.973 bits per heavy atom. The van der Waals surface area contributed by atoms with Gasteiger partial charge in [-0.25, -0.2) is 0 Å². The van der Waals surface area contributed by atoms with Gasteiger partial charge in [0.15, 0.2) is 0 Å². The van der Waals surface area contributed by atoms with Crippen molar-refractivity contribution in [3.05, 3.63) is 42.5 Å². The molecule has 0 aromatic heterocycles. The Morgan fingerprint density at radius 2 is 1.57 bits per heavy atom. The van der Waals surface area contributed by atoms with Crippen LogP contribution in [0.15, 0.2) is 42.5 Å². The van der Waals surface area contributed by atoms with Crippen LogP contribution in [-0.2, 0) is 13.6 Å². The Labute approximate surface area is 237 Å². The van der Waals surface area contributed by atoms with Gasteiger partial charge in [0, 0.05) is 0 Å². The van der Waals surface area contributed by atoms with E-state index < -0.39 is 16.6 Å².